The fourth-order valence-corrected chi connectivity index (χ4v) is 6.46. The van der Waals surface area contributed by atoms with Gasteiger partial charge in [-0.05, 0) is 63.2 Å². The molecule has 0 aromatic carbocycles. The first-order chi connectivity index (χ1) is 12.4. The number of hydrogen-bond donors (Lipinski definition) is 2. The summed E-state index contributed by atoms with van der Waals surface area (Å²) in [6.45, 7) is -0.336. The molecular weight excluding hydrogens is 332 g/mol. The van der Waals surface area contributed by atoms with Crippen molar-refractivity contribution in [3.8, 4) is 6.07 Å². The minimum absolute atomic E-state index is 0.336. The lowest BCUT2D eigenvalue weighted by molar-refractivity contribution is -0.196. The smallest absolute Gasteiger partial charge is 0.312 e. The second-order valence-electron chi connectivity index (χ2n) is 9.34. The molecule has 6 heteroatoms. The molecule has 5 aliphatic carbocycles. The van der Waals surface area contributed by atoms with Crippen molar-refractivity contribution in [1.82, 2.24) is 5.32 Å². The van der Waals surface area contributed by atoms with E-state index < -0.39 is 22.5 Å². The lowest BCUT2D eigenvalue weighted by Crippen LogP contribution is -2.58. The van der Waals surface area contributed by atoms with Crippen LogP contribution < -0.4 is 5.32 Å². The Morgan fingerprint density at radius 1 is 1.12 bits per heavy atom. The van der Waals surface area contributed by atoms with Crippen LogP contribution in [0.5, 0.6) is 0 Å². The zero-order valence-corrected chi connectivity index (χ0v) is 15.3. The van der Waals surface area contributed by atoms with E-state index in [2.05, 4.69) is 11.4 Å². The summed E-state index contributed by atoms with van der Waals surface area (Å²) in [5.41, 5.74) is -2.15. The number of amides is 1. The van der Waals surface area contributed by atoms with Crippen molar-refractivity contribution in [2.24, 2.45) is 17.3 Å². The Bertz CT molecular complexity index is 633. The minimum Gasteiger partial charge on any atom is -0.455 e. The Kier molecular flexibility index (Phi) is 4.26. The predicted octanol–water partition coefficient (Wildman–Crippen LogP) is 2.20. The van der Waals surface area contributed by atoms with Gasteiger partial charge in [0.15, 0.2) is 6.61 Å². The van der Waals surface area contributed by atoms with Crippen molar-refractivity contribution >= 4 is 11.9 Å². The highest BCUT2D eigenvalue weighted by molar-refractivity contribution is 5.84. The third kappa shape index (κ3) is 3.11. The molecule has 2 N–H and O–H groups in total. The molecule has 0 radical (unpaired) electrons. The molecule has 0 aromatic rings. The van der Waals surface area contributed by atoms with E-state index in [1.165, 1.54) is 0 Å². The fourth-order valence-electron chi connectivity index (χ4n) is 6.46. The number of carbonyl (C=O) groups excluding carboxylic acids is 2. The molecule has 142 valence electrons. The van der Waals surface area contributed by atoms with E-state index in [4.69, 9.17) is 4.74 Å². The van der Waals surface area contributed by atoms with Crippen LogP contribution in [0.1, 0.15) is 70.6 Å². The molecule has 4 bridgehead atoms. The number of nitrogens with one attached hydrogen (secondary N) is 1. The van der Waals surface area contributed by atoms with Crippen LogP contribution in [0.4, 0.5) is 0 Å². The Balaban J connectivity index is 1.35. The SMILES string of the molecule is N#CC1(NC(=O)COC(=O)C23C[C@@H]4C[C@@H](CC(O)(C4)C2)C3)CCCCC1. The van der Waals surface area contributed by atoms with E-state index in [0.717, 1.165) is 51.4 Å². The van der Waals surface area contributed by atoms with Gasteiger partial charge in [0.05, 0.1) is 17.1 Å². The topological polar surface area (TPSA) is 99.4 Å². The molecule has 5 fully saturated rings. The monoisotopic (exact) mass is 360 g/mol. The fraction of sp³-hybridized carbons (Fsp3) is 0.850. The Morgan fingerprint density at radius 2 is 1.77 bits per heavy atom. The summed E-state index contributed by atoms with van der Waals surface area (Å²) < 4.78 is 5.39. The van der Waals surface area contributed by atoms with E-state index in [1.807, 2.05) is 0 Å². The van der Waals surface area contributed by atoms with Crippen LogP contribution in [0.2, 0.25) is 0 Å². The third-order valence-corrected chi connectivity index (χ3v) is 7.10. The number of carbonyl (C=O) groups is 2. The molecule has 5 saturated carbocycles. The number of aliphatic hydroxyl groups is 1. The maximum atomic E-state index is 12.8. The summed E-state index contributed by atoms with van der Waals surface area (Å²) in [7, 11) is 0. The maximum Gasteiger partial charge on any atom is 0.312 e. The van der Waals surface area contributed by atoms with E-state index in [-0.39, 0.29) is 12.6 Å². The minimum atomic E-state index is -0.808. The first-order valence-corrected chi connectivity index (χ1v) is 9.98. The Labute approximate surface area is 154 Å². The molecule has 2 unspecified atom stereocenters. The van der Waals surface area contributed by atoms with Gasteiger partial charge in [0.1, 0.15) is 5.54 Å². The van der Waals surface area contributed by atoms with Crippen LogP contribution in [-0.2, 0) is 14.3 Å². The first kappa shape index (κ1) is 17.8. The third-order valence-electron chi connectivity index (χ3n) is 7.10. The number of ether oxygens (including phenoxy) is 1. The van der Waals surface area contributed by atoms with Crippen molar-refractivity contribution < 1.29 is 19.4 Å². The van der Waals surface area contributed by atoms with Crippen LogP contribution in [0.25, 0.3) is 0 Å². The summed E-state index contributed by atoms with van der Waals surface area (Å²) in [6.07, 6.45) is 8.96. The van der Waals surface area contributed by atoms with E-state index in [1.54, 1.807) is 0 Å². The normalized spacial score (nSPS) is 39.8. The van der Waals surface area contributed by atoms with Gasteiger partial charge in [-0.3, -0.25) is 9.59 Å². The highest BCUT2D eigenvalue weighted by Gasteiger charge is 2.61. The molecule has 4 atom stereocenters. The number of esters is 1. The molecular formula is C20H28N2O4. The molecule has 1 amide bonds. The van der Waals surface area contributed by atoms with Crippen molar-refractivity contribution in [2.75, 3.05) is 6.61 Å². The van der Waals surface area contributed by atoms with E-state index in [9.17, 15) is 20.0 Å². The van der Waals surface area contributed by atoms with Crippen LogP contribution >= 0.6 is 0 Å². The second-order valence-corrected chi connectivity index (χ2v) is 9.34. The van der Waals surface area contributed by atoms with Crippen molar-refractivity contribution in [1.29, 1.82) is 5.26 Å². The van der Waals surface area contributed by atoms with Crippen molar-refractivity contribution in [3.63, 3.8) is 0 Å². The Morgan fingerprint density at radius 3 is 2.35 bits per heavy atom. The summed E-state index contributed by atoms with van der Waals surface area (Å²) >= 11 is 0. The maximum absolute atomic E-state index is 12.8. The second kappa shape index (κ2) is 6.23. The van der Waals surface area contributed by atoms with Gasteiger partial charge in [0, 0.05) is 0 Å². The van der Waals surface area contributed by atoms with Crippen LogP contribution in [0.15, 0.2) is 0 Å². The summed E-state index contributed by atoms with van der Waals surface area (Å²) in [5.74, 6) is 0.0542. The van der Waals surface area contributed by atoms with Gasteiger partial charge in [0.25, 0.3) is 5.91 Å². The average Bonchev–Trinajstić information content (AvgIpc) is 2.58. The summed E-state index contributed by atoms with van der Waals surface area (Å²) in [5, 5.41) is 23.0. The molecule has 0 aromatic heterocycles. The lowest BCUT2D eigenvalue weighted by atomic mass is 9.48. The van der Waals surface area contributed by atoms with E-state index in [0.29, 0.717) is 31.1 Å². The lowest BCUT2D eigenvalue weighted by Gasteiger charge is -2.58. The average molecular weight is 360 g/mol. The van der Waals surface area contributed by atoms with E-state index >= 15 is 0 Å². The van der Waals surface area contributed by atoms with Gasteiger partial charge < -0.3 is 15.2 Å². The van der Waals surface area contributed by atoms with Gasteiger partial charge in [-0.2, -0.15) is 5.26 Å². The number of nitriles is 1. The molecule has 0 spiro atoms. The van der Waals surface area contributed by atoms with Crippen LogP contribution in [0, 0.1) is 28.6 Å². The molecule has 0 heterocycles. The quantitative estimate of drug-likeness (QED) is 0.749. The highest BCUT2D eigenvalue weighted by atomic mass is 16.5. The van der Waals surface area contributed by atoms with Crippen molar-refractivity contribution in [2.45, 2.75) is 81.8 Å². The van der Waals surface area contributed by atoms with Gasteiger partial charge in [-0.25, -0.2) is 0 Å². The number of rotatable bonds is 4. The standard InChI is InChI=1S/C20H28N2O4/c21-13-19(4-2-1-3-5-19)22-16(23)11-26-17(24)18-7-14-6-15(8-18)10-20(25,9-14)12-18/h14-15,25H,1-12H2,(H,22,23)/t14-,15+,18?,20?. The van der Waals surface area contributed by atoms with Crippen LogP contribution in [0.3, 0.4) is 0 Å². The van der Waals surface area contributed by atoms with Gasteiger partial charge in [-0.15, -0.1) is 0 Å². The molecule has 0 aliphatic heterocycles. The summed E-state index contributed by atoms with van der Waals surface area (Å²) in [4.78, 5) is 25.1. The molecule has 5 aliphatic rings. The van der Waals surface area contributed by atoms with Gasteiger partial charge >= 0.3 is 5.97 Å². The summed E-state index contributed by atoms with van der Waals surface area (Å²) in [6, 6.07) is 2.24. The molecule has 5 rings (SSSR count). The van der Waals surface area contributed by atoms with Gasteiger partial charge in [0.2, 0.25) is 0 Å². The van der Waals surface area contributed by atoms with Crippen LogP contribution in [-0.4, -0.2) is 34.7 Å². The zero-order chi connectivity index (χ0) is 18.4. The Hall–Kier alpha value is -1.61. The van der Waals surface area contributed by atoms with Gasteiger partial charge in [-0.1, -0.05) is 19.3 Å². The first-order valence-electron chi connectivity index (χ1n) is 9.98. The number of nitrogens with zero attached hydrogens (tertiary/aromatic N) is 1. The molecule has 26 heavy (non-hydrogen) atoms. The molecule has 0 saturated heterocycles. The van der Waals surface area contributed by atoms with Crippen molar-refractivity contribution in [3.05, 3.63) is 0 Å². The zero-order valence-electron chi connectivity index (χ0n) is 15.3. The number of hydrogen-bond acceptors (Lipinski definition) is 5. The largest absolute Gasteiger partial charge is 0.455 e. The molecule has 6 nitrogen and oxygen atoms in total. The highest BCUT2D eigenvalue weighted by Crippen LogP contribution is 2.61. The predicted molar refractivity (Wildman–Crippen MR) is 92.6 cm³/mol.